The Morgan fingerprint density at radius 1 is 1.48 bits per heavy atom. The topological polar surface area (TPSA) is 81.2 Å². The molecule has 0 radical (unpaired) electrons. The van der Waals surface area contributed by atoms with Crippen LogP contribution in [0.25, 0.3) is 0 Å². The van der Waals surface area contributed by atoms with Crippen LogP contribution in [0, 0.1) is 11.8 Å². The smallest absolute Gasteiger partial charge is 0.195 e. The van der Waals surface area contributed by atoms with Crippen molar-refractivity contribution < 1.29 is 9.18 Å². The van der Waals surface area contributed by atoms with E-state index in [-0.39, 0.29) is 12.2 Å². The van der Waals surface area contributed by atoms with E-state index in [4.69, 9.17) is 5.73 Å². The third kappa shape index (κ3) is 4.73. The number of alkyl halides is 1. The van der Waals surface area contributed by atoms with Gasteiger partial charge >= 0.3 is 0 Å². The third-order valence-electron chi connectivity index (χ3n) is 4.13. The van der Waals surface area contributed by atoms with Crippen molar-refractivity contribution in [2.75, 3.05) is 6.67 Å². The molecular weight excluding hydrogens is 383 g/mol. The molecular formula is C19H19FN4OS2. The molecule has 8 heteroatoms. The molecule has 0 aromatic carbocycles. The molecule has 0 saturated heterocycles. The fraction of sp³-hybridized carbons (Fsp3) is 0.368. The van der Waals surface area contributed by atoms with Gasteiger partial charge in [-0.2, -0.15) is 0 Å². The van der Waals surface area contributed by atoms with E-state index in [1.807, 2.05) is 19.1 Å². The fourth-order valence-corrected chi connectivity index (χ4v) is 4.81. The molecule has 0 bridgehead atoms. The van der Waals surface area contributed by atoms with Gasteiger partial charge in [-0.3, -0.25) is 9.78 Å². The number of thiazole rings is 1. The molecule has 140 valence electrons. The SMILES string of the molecule is C[C@@H]1C[C@@](C)(c2cc(CC(=O)c3ncc(C#CCF)s3)ccn2)N=C(N)S1. The van der Waals surface area contributed by atoms with Crippen LogP contribution >= 0.6 is 23.1 Å². The number of carbonyl (C=O) groups excluding carboxylic acids is 1. The van der Waals surface area contributed by atoms with E-state index in [1.165, 1.54) is 17.5 Å². The number of nitrogens with two attached hydrogens (primary N) is 1. The Labute approximate surface area is 165 Å². The molecule has 2 aromatic heterocycles. The van der Waals surface area contributed by atoms with Gasteiger partial charge in [0, 0.05) is 17.9 Å². The van der Waals surface area contributed by atoms with Gasteiger partial charge in [-0.15, -0.1) is 11.3 Å². The lowest BCUT2D eigenvalue weighted by Crippen LogP contribution is -2.33. The minimum atomic E-state index is -0.718. The first kappa shape index (κ1) is 19.5. The highest BCUT2D eigenvalue weighted by atomic mass is 32.2. The van der Waals surface area contributed by atoms with E-state index < -0.39 is 12.2 Å². The summed E-state index contributed by atoms with van der Waals surface area (Å²) in [5, 5.41) is 1.27. The van der Waals surface area contributed by atoms with Crippen molar-refractivity contribution in [2.45, 2.75) is 37.5 Å². The van der Waals surface area contributed by atoms with Crippen LogP contribution in [0.3, 0.4) is 0 Å². The Bertz CT molecular complexity index is 946. The molecule has 2 atom stereocenters. The second-order valence-electron chi connectivity index (χ2n) is 6.47. The van der Waals surface area contributed by atoms with Gasteiger partial charge in [0.2, 0.25) is 0 Å². The van der Waals surface area contributed by atoms with Crippen LogP contribution in [0.1, 0.15) is 46.2 Å². The number of halogens is 1. The van der Waals surface area contributed by atoms with Crippen molar-refractivity contribution in [3.05, 3.63) is 45.7 Å². The summed E-state index contributed by atoms with van der Waals surface area (Å²) in [6.07, 6.45) is 4.23. The van der Waals surface area contributed by atoms with Gasteiger partial charge in [-0.1, -0.05) is 30.5 Å². The quantitative estimate of drug-likeness (QED) is 0.627. The molecule has 2 aromatic rings. The lowest BCUT2D eigenvalue weighted by atomic mass is 9.90. The highest BCUT2D eigenvalue weighted by molar-refractivity contribution is 8.14. The Balaban J connectivity index is 1.79. The molecule has 3 rings (SSSR count). The predicted octanol–water partition coefficient (Wildman–Crippen LogP) is 3.34. The molecule has 2 N–H and O–H groups in total. The number of thioether (sulfide) groups is 1. The molecule has 1 aliphatic heterocycles. The van der Waals surface area contributed by atoms with Gasteiger partial charge in [-0.05, 0) is 31.0 Å². The summed E-state index contributed by atoms with van der Waals surface area (Å²) >= 11 is 2.74. The van der Waals surface area contributed by atoms with Crippen molar-refractivity contribution >= 4 is 34.0 Å². The first-order valence-corrected chi connectivity index (χ1v) is 10.1. The van der Waals surface area contributed by atoms with E-state index in [0.29, 0.717) is 20.3 Å². The number of ketones is 1. The Hall–Kier alpha value is -2.24. The zero-order valence-corrected chi connectivity index (χ0v) is 16.7. The normalized spacial score (nSPS) is 21.9. The number of hydrogen-bond donors (Lipinski definition) is 1. The number of amidine groups is 1. The fourth-order valence-electron chi connectivity index (χ4n) is 3.01. The van der Waals surface area contributed by atoms with Gasteiger partial charge in [0.1, 0.15) is 5.54 Å². The van der Waals surface area contributed by atoms with E-state index in [9.17, 15) is 9.18 Å². The number of Topliss-reactive ketones (excluding diaryl/α,β-unsaturated/α-hetero) is 1. The van der Waals surface area contributed by atoms with Gasteiger partial charge < -0.3 is 5.73 Å². The van der Waals surface area contributed by atoms with Crippen molar-refractivity contribution in [1.29, 1.82) is 0 Å². The molecule has 0 saturated carbocycles. The minimum Gasteiger partial charge on any atom is -0.379 e. The number of carbonyl (C=O) groups is 1. The molecule has 0 aliphatic carbocycles. The van der Waals surface area contributed by atoms with Gasteiger partial charge in [0.05, 0.1) is 16.8 Å². The van der Waals surface area contributed by atoms with Gasteiger partial charge in [0.15, 0.2) is 22.6 Å². The van der Waals surface area contributed by atoms with Crippen molar-refractivity contribution in [3.8, 4) is 11.8 Å². The molecule has 3 heterocycles. The molecule has 5 nitrogen and oxygen atoms in total. The van der Waals surface area contributed by atoms with Gasteiger partial charge in [0.25, 0.3) is 0 Å². The standard InChI is InChI=1S/C19H19FN4OS2/c1-12-10-19(2,24-18(21)26-12)16-9-13(5-7-22-16)8-15(25)17-23-11-14(27-17)4-3-6-20/h5,7,9,11-12H,6,8,10H2,1-2H3,(H2,21,24)/t12-,19+/m1/s1. The van der Waals surface area contributed by atoms with E-state index in [2.05, 4.69) is 33.7 Å². The lowest BCUT2D eigenvalue weighted by Gasteiger charge is -2.32. The Morgan fingerprint density at radius 2 is 2.30 bits per heavy atom. The Morgan fingerprint density at radius 3 is 3.04 bits per heavy atom. The van der Waals surface area contributed by atoms with Crippen LogP contribution in [0.15, 0.2) is 29.5 Å². The average Bonchev–Trinajstić information content (AvgIpc) is 3.08. The summed E-state index contributed by atoms with van der Waals surface area (Å²) in [5.74, 6) is 4.87. The molecule has 0 amide bonds. The summed E-state index contributed by atoms with van der Waals surface area (Å²) in [4.78, 5) is 26.3. The lowest BCUT2D eigenvalue weighted by molar-refractivity contribution is 0.0992. The summed E-state index contributed by atoms with van der Waals surface area (Å²) in [6.45, 7) is 3.41. The van der Waals surface area contributed by atoms with Crippen LogP contribution in [0.5, 0.6) is 0 Å². The first-order valence-electron chi connectivity index (χ1n) is 8.41. The van der Waals surface area contributed by atoms with Gasteiger partial charge in [-0.25, -0.2) is 14.4 Å². The van der Waals surface area contributed by atoms with Crippen LogP contribution in [-0.2, 0) is 12.0 Å². The van der Waals surface area contributed by atoms with Crippen molar-refractivity contribution in [1.82, 2.24) is 9.97 Å². The zero-order chi connectivity index (χ0) is 19.4. The maximum absolute atomic E-state index is 12.5. The maximum Gasteiger partial charge on any atom is 0.195 e. The third-order valence-corrected chi connectivity index (χ3v) is 5.98. The molecule has 27 heavy (non-hydrogen) atoms. The van der Waals surface area contributed by atoms with Crippen LogP contribution in [0.4, 0.5) is 4.39 Å². The summed E-state index contributed by atoms with van der Waals surface area (Å²) in [5.41, 5.74) is 7.11. The monoisotopic (exact) mass is 402 g/mol. The predicted molar refractivity (Wildman–Crippen MR) is 108 cm³/mol. The average molecular weight is 403 g/mol. The highest BCUT2D eigenvalue weighted by Crippen LogP contribution is 2.38. The second-order valence-corrected chi connectivity index (χ2v) is 8.96. The number of hydrogen-bond acceptors (Lipinski definition) is 7. The van der Waals surface area contributed by atoms with E-state index >= 15 is 0 Å². The number of aliphatic imine (C=N–C) groups is 1. The largest absolute Gasteiger partial charge is 0.379 e. The van der Waals surface area contributed by atoms with E-state index in [1.54, 1.807) is 18.0 Å². The molecule has 0 unspecified atom stereocenters. The second kappa shape index (κ2) is 8.19. The van der Waals surface area contributed by atoms with Crippen LogP contribution in [0.2, 0.25) is 0 Å². The number of nitrogens with zero attached hydrogens (tertiary/aromatic N) is 3. The summed E-state index contributed by atoms with van der Waals surface area (Å²) in [7, 11) is 0. The first-order chi connectivity index (χ1) is 12.9. The van der Waals surface area contributed by atoms with Crippen LogP contribution < -0.4 is 5.73 Å². The minimum absolute atomic E-state index is 0.105. The summed E-state index contributed by atoms with van der Waals surface area (Å²) in [6, 6.07) is 3.73. The molecule has 0 fully saturated rings. The highest BCUT2D eigenvalue weighted by Gasteiger charge is 2.34. The zero-order valence-electron chi connectivity index (χ0n) is 15.0. The van der Waals surface area contributed by atoms with Crippen molar-refractivity contribution in [3.63, 3.8) is 0 Å². The Kier molecular flexibility index (Phi) is 5.92. The number of aromatic nitrogens is 2. The molecule has 0 spiro atoms. The van der Waals surface area contributed by atoms with Crippen molar-refractivity contribution in [2.24, 2.45) is 10.7 Å². The number of pyridine rings is 1. The summed E-state index contributed by atoms with van der Waals surface area (Å²) < 4.78 is 12.1. The van der Waals surface area contributed by atoms with E-state index in [0.717, 1.165) is 17.7 Å². The maximum atomic E-state index is 12.5. The number of rotatable bonds is 4. The molecule has 1 aliphatic rings. The van der Waals surface area contributed by atoms with Crippen LogP contribution in [-0.4, -0.2) is 32.8 Å².